The Hall–Kier alpha value is -1.88. The van der Waals surface area contributed by atoms with Crippen molar-refractivity contribution in [2.45, 2.75) is 26.3 Å². The zero-order chi connectivity index (χ0) is 15.5. The summed E-state index contributed by atoms with van der Waals surface area (Å²) in [5.41, 5.74) is 2.08. The number of benzene rings is 1. The molecule has 1 aromatic carbocycles. The fourth-order valence-electron chi connectivity index (χ4n) is 2.69. The molecule has 2 amide bonds. The molecule has 5 heteroatoms. The molecule has 116 valence electrons. The molecular weight excluding hydrogens is 294 g/mol. The van der Waals surface area contributed by atoms with Crippen LogP contribution in [0, 0.1) is 5.92 Å². The van der Waals surface area contributed by atoms with E-state index in [0.29, 0.717) is 5.92 Å². The molecule has 22 heavy (non-hydrogen) atoms. The molecule has 1 saturated heterocycles. The number of urea groups is 1. The van der Waals surface area contributed by atoms with Crippen LogP contribution in [-0.2, 0) is 0 Å². The first-order valence-electron chi connectivity index (χ1n) is 7.70. The SMILES string of the molecule is CC1CCN(C(=O)NC(C)c2nc(-c3ccccc3)cs2)C1. The summed E-state index contributed by atoms with van der Waals surface area (Å²) >= 11 is 1.59. The van der Waals surface area contributed by atoms with Gasteiger partial charge in [-0.3, -0.25) is 0 Å². The first kappa shape index (κ1) is 15.0. The average molecular weight is 315 g/mol. The first-order valence-corrected chi connectivity index (χ1v) is 8.57. The lowest BCUT2D eigenvalue weighted by Gasteiger charge is -2.19. The minimum atomic E-state index is -0.0640. The molecular formula is C17H21N3OS. The number of hydrogen-bond acceptors (Lipinski definition) is 3. The van der Waals surface area contributed by atoms with E-state index in [9.17, 15) is 4.79 Å². The Labute approximate surface area is 135 Å². The van der Waals surface area contributed by atoms with Gasteiger partial charge in [0.25, 0.3) is 0 Å². The maximum absolute atomic E-state index is 12.2. The lowest BCUT2D eigenvalue weighted by atomic mass is 10.2. The van der Waals surface area contributed by atoms with Crippen LogP contribution < -0.4 is 5.32 Å². The molecule has 1 aromatic heterocycles. The Morgan fingerprint density at radius 2 is 2.18 bits per heavy atom. The van der Waals surface area contributed by atoms with Crippen molar-refractivity contribution in [2.75, 3.05) is 13.1 Å². The van der Waals surface area contributed by atoms with Crippen molar-refractivity contribution >= 4 is 17.4 Å². The van der Waals surface area contributed by atoms with Gasteiger partial charge in [-0.1, -0.05) is 37.3 Å². The summed E-state index contributed by atoms with van der Waals surface area (Å²) in [4.78, 5) is 18.8. The quantitative estimate of drug-likeness (QED) is 0.933. The summed E-state index contributed by atoms with van der Waals surface area (Å²) in [6, 6.07) is 10.1. The minimum Gasteiger partial charge on any atom is -0.329 e. The van der Waals surface area contributed by atoms with Gasteiger partial charge >= 0.3 is 6.03 Å². The van der Waals surface area contributed by atoms with Gasteiger partial charge in [-0.15, -0.1) is 11.3 Å². The molecule has 2 atom stereocenters. The molecule has 1 fully saturated rings. The van der Waals surface area contributed by atoms with Crippen molar-refractivity contribution in [3.05, 3.63) is 40.7 Å². The number of amides is 2. The Bertz CT molecular complexity index is 640. The highest BCUT2D eigenvalue weighted by atomic mass is 32.1. The third kappa shape index (κ3) is 3.30. The van der Waals surface area contributed by atoms with E-state index in [4.69, 9.17) is 0 Å². The highest BCUT2D eigenvalue weighted by Crippen LogP contribution is 2.25. The third-order valence-corrected chi connectivity index (χ3v) is 5.04. The van der Waals surface area contributed by atoms with Crippen LogP contribution in [0.2, 0.25) is 0 Å². The molecule has 2 aromatic rings. The Balaban J connectivity index is 1.64. The topological polar surface area (TPSA) is 45.2 Å². The number of carbonyl (C=O) groups excluding carboxylic acids is 1. The van der Waals surface area contributed by atoms with Crippen LogP contribution in [0.3, 0.4) is 0 Å². The van der Waals surface area contributed by atoms with E-state index >= 15 is 0 Å². The summed E-state index contributed by atoms with van der Waals surface area (Å²) < 4.78 is 0. The number of hydrogen-bond donors (Lipinski definition) is 1. The van der Waals surface area contributed by atoms with E-state index in [0.717, 1.165) is 35.8 Å². The smallest absolute Gasteiger partial charge is 0.317 e. The molecule has 2 heterocycles. The van der Waals surface area contributed by atoms with Crippen LogP contribution in [0.4, 0.5) is 4.79 Å². The van der Waals surface area contributed by atoms with E-state index in [-0.39, 0.29) is 12.1 Å². The molecule has 1 N–H and O–H groups in total. The molecule has 0 spiro atoms. The number of nitrogens with zero attached hydrogens (tertiary/aromatic N) is 2. The van der Waals surface area contributed by atoms with Crippen molar-refractivity contribution in [2.24, 2.45) is 5.92 Å². The Morgan fingerprint density at radius 3 is 2.86 bits per heavy atom. The van der Waals surface area contributed by atoms with Gasteiger partial charge in [0.2, 0.25) is 0 Å². The van der Waals surface area contributed by atoms with Crippen molar-refractivity contribution < 1.29 is 4.79 Å². The van der Waals surface area contributed by atoms with Gasteiger partial charge in [0, 0.05) is 24.0 Å². The Kier molecular flexibility index (Phi) is 4.43. The van der Waals surface area contributed by atoms with Crippen LogP contribution >= 0.6 is 11.3 Å². The monoisotopic (exact) mass is 315 g/mol. The Morgan fingerprint density at radius 1 is 1.41 bits per heavy atom. The van der Waals surface area contributed by atoms with Crippen molar-refractivity contribution in [1.82, 2.24) is 15.2 Å². The molecule has 3 rings (SSSR count). The highest BCUT2D eigenvalue weighted by molar-refractivity contribution is 7.10. The zero-order valence-electron chi connectivity index (χ0n) is 13.0. The lowest BCUT2D eigenvalue weighted by molar-refractivity contribution is 0.204. The van der Waals surface area contributed by atoms with E-state index in [1.165, 1.54) is 0 Å². The summed E-state index contributed by atoms with van der Waals surface area (Å²) in [6.07, 6.45) is 1.09. The van der Waals surface area contributed by atoms with Crippen molar-refractivity contribution in [3.8, 4) is 11.3 Å². The fourth-order valence-corrected chi connectivity index (χ4v) is 3.52. The second-order valence-electron chi connectivity index (χ2n) is 5.95. The van der Waals surface area contributed by atoms with Crippen molar-refractivity contribution in [1.29, 1.82) is 0 Å². The van der Waals surface area contributed by atoms with Gasteiger partial charge in [0.1, 0.15) is 5.01 Å². The predicted molar refractivity (Wildman–Crippen MR) is 89.9 cm³/mol. The minimum absolute atomic E-state index is 0.0216. The number of carbonyl (C=O) groups is 1. The first-order chi connectivity index (χ1) is 10.6. The number of nitrogens with one attached hydrogen (secondary N) is 1. The van der Waals surface area contributed by atoms with E-state index in [1.54, 1.807) is 11.3 Å². The zero-order valence-corrected chi connectivity index (χ0v) is 13.8. The number of likely N-dealkylation sites (tertiary alicyclic amines) is 1. The summed E-state index contributed by atoms with van der Waals surface area (Å²) in [7, 11) is 0. The largest absolute Gasteiger partial charge is 0.329 e. The predicted octanol–water partition coefficient (Wildman–Crippen LogP) is 3.92. The van der Waals surface area contributed by atoms with Crippen LogP contribution in [-0.4, -0.2) is 29.0 Å². The summed E-state index contributed by atoms with van der Waals surface area (Å²) in [5, 5.41) is 6.05. The number of thiazole rings is 1. The number of aromatic nitrogens is 1. The van der Waals surface area contributed by atoms with Gasteiger partial charge in [0.05, 0.1) is 11.7 Å². The highest BCUT2D eigenvalue weighted by Gasteiger charge is 2.24. The van der Waals surface area contributed by atoms with E-state index in [2.05, 4.69) is 17.2 Å². The average Bonchev–Trinajstić information content (AvgIpc) is 3.17. The molecule has 1 aliphatic rings. The number of rotatable bonds is 3. The molecule has 1 aliphatic heterocycles. The lowest BCUT2D eigenvalue weighted by Crippen LogP contribution is -2.39. The molecule has 0 saturated carbocycles. The summed E-state index contributed by atoms with van der Waals surface area (Å²) in [6.45, 7) is 5.88. The van der Waals surface area contributed by atoms with Crippen LogP contribution in [0.25, 0.3) is 11.3 Å². The van der Waals surface area contributed by atoms with Gasteiger partial charge in [-0.05, 0) is 19.3 Å². The normalized spacial score (nSPS) is 19.2. The standard InChI is InChI=1S/C17H21N3OS/c1-12-8-9-20(10-12)17(21)18-13(2)16-19-15(11-22-16)14-6-4-3-5-7-14/h3-7,11-13H,8-10H2,1-2H3,(H,18,21). The summed E-state index contributed by atoms with van der Waals surface area (Å²) in [5.74, 6) is 0.602. The van der Waals surface area contributed by atoms with Gasteiger partial charge in [-0.2, -0.15) is 0 Å². The molecule has 0 bridgehead atoms. The van der Waals surface area contributed by atoms with E-state index in [1.807, 2.05) is 47.5 Å². The molecule has 2 unspecified atom stereocenters. The fraction of sp³-hybridized carbons (Fsp3) is 0.412. The van der Waals surface area contributed by atoms with E-state index < -0.39 is 0 Å². The van der Waals surface area contributed by atoms with Crippen LogP contribution in [0.5, 0.6) is 0 Å². The second-order valence-corrected chi connectivity index (χ2v) is 6.84. The maximum atomic E-state index is 12.2. The molecule has 0 aliphatic carbocycles. The molecule has 0 radical (unpaired) electrons. The third-order valence-electron chi connectivity index (χ3n) is 4.01. The van der Waals surface area contributed by atoms with Gasteiger partial charge in [-0.25, -0.2) is 9.78 Å². The van der Waals surface area contributed by atoms with Crippen LogP contribution in [0.15, 0.2) is 35.7 Å². The van der Waals surface area contributed by atoms with Crippen LogP contribution in [0.1, 0.15) is 31.3 Å². The van der Waals surface area contributed by atoms with Gasteiger partial charge in [0.15, 0.2) is 0 Å². The second kappa shape index (κ2) is 6.48. The van der Waals surface area contributed by atoms with Crippen molar-refractivity contribution in [3.63, 3.8) is 0 Å². The molecule has 4 nitrogen and oxygen atoms in total. The van der Waals surface area contributed by atoms with Gasteiger partial charge < -0.3 is 10.2 Å². The maximum Gasteiger partial charge on any atom is 0.317 e.